The van der Waals surface area contributed by atoms with Crippen molar-refractivity contribution >= 4 is 5.91 Å². The Balaban J connectivity index is 2.98. The molecule has 0 unspecified atom stereocenters. The van der Waals surface area contributed by atoms with Crippen molar-refractivity contribution in [1.29, 1.82) is 0 Å². The Bertz CT molecular complexity index is 399. The summed E-state index contributed by atoms with van der Waals surface area (Å²) in [6.07, 6.45) is 0.428. The first-order valence-electron chi connectivity index (χ1n) is 4.68. The molecule has 0 aliphatic carbocycles. The minimum atomic E-state index is -0.488. The number of phenolic OH excluding ortho intramolecular Hbond substituents is 1. The van der Waals surface area contributed by atoms with Crippen LogP contribution in [-0.2, 0) is 11.2 Å². The average molecular weight is 205 g/mol. The first-order chi connectivity index (χ1) is 6.91. The molecule has 0 saturated heterocycles. The SMILES string of the molecule is C=C(Cc1cc(C)c(O)c(C)c1)C(N)=O. The lowest BCUT2D eigenvalue weighted by molar-refractivity contribution is -0.114. The summed E-state index contributed by atoms with van der Waals surface area (Å²) in [5.74, 6) is -0.193. The number of aryl methyl sites for hydroxylation is 2. The van der Waals surface area contributed by atoms with Crippen molar-refractivity contribution in [3.63, 3.8) is 0 Å². The first-order valence-corrected chi connectivity index (χ1v) is 4.68. The van der Waals surface area contributed by atoms with Crippen LogP contribution in [-0.4, -0.2) is 11.0 Å². The Morgan fingerprint density at radius 1 is 1.40 bits per heavy atom. The third kappa shape index (κ3) is 2.59. The maximum atomic E-state index is 10.8. The number of aromatic hydroxyl groups is 1. The van der Waals surface area contributed by atoms with Gasteiger partial charge in [0.2, 0.25) is 5.91 Å². The molecular weight excluding hydrogens is 190 g/mol. The molecule has 0 heterocycles. The van der Waals surface area contributed by atoms with Crippen LogP contribution in [0.25, 0.3) is 0 Å². The van der Waals surface area contributed by atoms with Gasteiger partial charge in [-0.3, -0.25) is 4.79 Å². The van der Waals surface area contributed by atoms with Crippen LogP contribution in [0.15, 0.2) is 24.3 Å². The van der Waals surface area contributed by atoms with E-state index in [0.717, 1.165) is 16.7 Å². The van der Waals surface area contributed by atoms with Crippen molar-refractivity contribution in [2.24, 2.45) is 5.73 Å². The molecule has 3 nitrogen and oxygen atoms in total. The summed E-state index contributed by atoms with van der Waals surface area (Å²) >= 11 is 0. The van der Waals surface area contributed by atoms with Crippen LogP contribution in [0.2, 0.25) is 0 Å². The van der Waals surface area contributed by atoms with Gasteiger partial charge in [-0.05, 0) is 30.5 Å². The lowest BCUT2D eigenvalue weighted by Gasteiger charge is -2.08. The van der Waals surface area contributed by atoms with Gasteiger partial charge < -0.3 is 10.8 Å². The number of benzene rings is 1. The second kappa shape index (κ2) is 4.17. The molecule has 0 radical (unpaired) electrons. The van der Waals surface area contributed by atoms with Crippen LogP contribution in [0, 0.1) is 13.8 Å². The number of rotatable bonds is 3. The van der Waals surface area contributed by atoms with Crippen molar-refractivity contribution in [1.82, 2.24) is 0 Å². The summed E-state index contributed by atoms with van der Waals surface area (Å²) in [5.41, 5.74) is 8.00. The molecule has 15 heavy (non-hydrogen) atoms. The van der Waals surface area contributed by atoms with Crippen molar-refractivity contribution in [3.05, 3.63) is 41.0 Å². The number of carbonyl (C=O) groups excluding carboxylic acids is 1. The van der Waals surface area contributed by atoms with E-state index in [4.69, 9.17) is 5.73 Å². The lowest BCUT2D eigenvalue weighted by Crippen LogP contribution is -2.14. The van der Waals surface area contributed by atoms with Gasteiger partial charge in [-0.25, -0.2) is 0 Å². The van der Waals surface area contributed by atoms with Gasteiger partial charge in [0.15, 0.2) is 0 Å². The molecule has 0 spiro atoms. The molecule has 0 saturated carbocycles. The molecule has 0 bridgehead atoms. The van der Waals surface area contributed by atoms with Gasteiger partial charge in [-0.2, -0.15) is 0 Å². The summed E-state index contributed by atoms with van der Waals surface area (Å²) in [5, 5.41) is 9.56. The number of amides is 1. The third-order valence-corrected chi connectivity index (χ3v) is 2.32. The topological polar surface area (TPSA) is 63.3 Å². The first kappa shape index (κ1) is 11.3. The van der Waals surface area contributed by atoms with E-state index in [1.54, 1.807) is 0 Å². The number of nitrogens with two attached hydrogens (primary N) is 1. The molecule has 1 rings (SSSR count). The number of phenols is 1. The van der Waals surface area contributed by atoms with Crippen LogP contribution in [0.4, 0.5) is 0 Å². The van der Waals surface area contributed by atoms with Crippen LogP contribution in [0.3, 0.4) is 0 Å². The van der Waals surface area contributed by atoms with Crippen molar-refractivity contribution in [3.8, 4) is 5.75 Å². The second-order valence-electron chi connectivity index (χ2n) is 3.72. The zero-order chi connectivity index (χ0) is 11.6. The number of hydrogen-bond donors (Lipinski definition) is 2. The van der Waals surface area contributed by atoms with Crippen LogP contribution in [0.1, 0.15) is 16.7 Å². The maximum Gasteiger partial charge on any atom is 0.244 e. The highest BCUT2D eigenvalue weighted by Gasteiger charge is 2.07. The minimum Gasteiger partial charge on any atom is -0.507 e. The fourth-order valence-electron chi connectivity index (χ4n) is 1.48. The third-order valence-electron chi connectivity index (χ3n) is 2.32. The van der Waals surface area contributed by atoms with E-state index in [2.05, 4.69) is 6.58 Å². The standard InChI is InChI=1S/C12H15NO2/c1-7-4-10(5-8(2)11(7)14)6-9(3)12(13)15/h4-5,14H,3,6H2,1-2H3,(H2,13,15). The van der Waals surface area contributed by atoms with E-state index in [9.17, 15) is 9.90 Å². The van der Waals surface area contributed by atoms with E-state index >= 15 is 0 Å². The summed E-state index contributed by atoms with van der Waals surface area (Å²) in [7, 11) is 0. The zero-order valence-electron chi connectivity index (χ0n) is 9.00. The molecule has 80 valence electrons. The largest absolute Gasteiger partial charge is 0.507 e. The second-order valence-corrected chi connectivity index (χ2v) is 3.72. The molecule has 0 aromatic heterocycles. The molecule has 1 aromatic rings. The van der Waals surface area contributed by atoms with Gasteiger partial charge >= 0.3 is 0 Å². The summed E-state index contributed by atoms with van der Waals surface area (Å²) in [6, 6.07) is 3.66. The molecular formula is C12H15NO2. The normalized spacial score (nSPS) is 10.0. The highest BCUT2D eigenvalue weighted by Crippen LogP contribution is 2.23. The van der Waals surface area contributed by atoms with Crippen molar-refractivity contribution < 1.29 is 9.90 Å². The highest BCUT2D eigenvalue weighted by molar-refractivity contribution is 5.91. The smallest absolute Gasteiger partial charge is 0.244 e. The molecule has 0 atom stereocenters. The Labute approximate surface area is 89.2 Å². The van der Waals surface area contributed by atoms with Gasteiger partial charge in [0, 0.05) is 12.0 Å². The molecule has 0 aliphatic heterocycles. The molecule has 1 amide bonds. The minimum absolute atomic E-state index is 0.295. The average Bonchev–Trinajstić information content (AvgIpc) is 2.13. The number of hydrogen-bond acceptors (Lipinski definition) is 2. The predicted molar refractivity (Wildman–Crippen MR) is 59.6 cm³/mol. The van der Waals surface area contributed by atoms with Gasteiger partial charge in [-0.1, -0.05) is 18.7 Å². The summed E-state index contributed by atoms with van der Waals surface area (Å²) in [6.45, 7) is 7.23. The molecule has 0 fully saturated rings. The Hall–Kier alpha value is -1.77. The predicted octanol–water partition coefficient (Wildman–Crippen LogP) is 1.59. The number of primary amides is 1. The fourth-order valence-corrected chi connectivity index (χ4v) is 1.48. The Morgan fingerprint density at radius 3 is 2.27 bits per heavy atom. The van der Waals surface area contributed by atoms with E-state index < -0.39 is 5.91 Å². The zero-order valence-corrected chi connectivity index (χ0v) is 9.00. The van der Waals surface area contributed by atoms with E-state index in [1.807, 2.05) is 26.0 Å². The molecule has 0 aliphatic rings. The molecule has 3 heteroatoms. The monoisotopic (exact) mass is 205 g/mol. The Morgan fingerprint density at radius 2 is 1.87 bits per heavy atom. The van der Waals surface area contributed by atoms with Crippen LogP contribution >= 0.6 is 0 Å². The van der Waals surface area contributed by atoms with Crippen molar-refractivity contribution in [2.75, 3.05) is 0 Å². The quantitative estimate of drug-likeness (QED) is 0.736. The van der Waals surface area contributed by atoms with Gasteiger partial charge in [0.25, 0.3) is 0 Å². The van der Waals surface area contributed by atoms with Gasteiger partial charge in [0.1, 0.15) is 5.75 Å². The van der Waals surface area contributed by atoms with Crippen LogP contribution < -0.4 is 5.73 Å². The van der Waals surface area contributed by atoms with Crippen LogP contribution in [0.5, 0.6) is 5.75 Å². The lowest BCUT2D eigenvalue weighted by atomic mass is 10.0. The highest BCUT2D eigenvalue weighted by atomic mass is 16.3. The molecule has 1 aromatic carbocycles. The van der Waals surface area contributed by atoms with E-state index in [-0.39, 0.29) is 0 Å². The van der Waals surface area contributed by atoms with Gasteiger partial charge in [-0.15, -0.1) is 0 Å². The summed E-state index contributed by atoms with van der Waals surface area (Å²) in [4.78, 5) is 10.8. The fraction of sp³-hybridized carbons (Fsp3) is 0.250. The van der Waals surface area contributed by atoms with E-state index in [1.165, 1.54) is 0 Å². The van der Waals surface area contributed by atoms with E-state index in [0.29, 0.717) is 17.7 Å². The summed E-state index contributed by atoms with van der Waals surface area (Å²) < 4.78 is 0. The number of carbonyl (C=O) groups is 1. The molecule has 3 N–H and O–H groups in total. The maximum absolute atomic E-state index is 10.8. The van der Waals surface area contributed by atoms with Gasteiger partial charge in [0.05, 0.1) is 0 Å². The Kier molecular flexibility index (Phi) is 3.14. The van der Waals surface area contributed by atoms with Crippen molar-refractivity contribution in [2.45, 2.75) is 20.3 Å².